The molecule has 0 unspecified atom stereocenters. The zero-order chi connectivity index (χ0) is 17.5. The zero-order valence-electron chi connectivity index (χ0n) is 15.4. The van der Waals surface area contributed by atoms with E-state index in [0.717, 1.165) is 17.9 Å². The molecular formula is C23H28N2. The summed E-state index contributed by atoms with van der Waals surface area (Å²) in [5.41, 5.74) is 5.86. The molecule has 2 heterocycles. The summed E-state index contributed by atoms with van der Waals surface area (Å²) in [7, 11) is 0. The van der Waals surface area contributed by atoms with Gasteiger partial charge in [-0.15, -0.1) is 0 Å². The number of allylic oxidation sites excluding steroid dienone is 6. The van der Waals surface area contributed by atoms with Crippen molar-refractivity contribution in [3.63, 3.8) is 0 Å². The molecule has 25 heavy (non-hydrogen) atoms. The van der Waals surface area contributed by atoms with E-state index >= 15 is 0 Å². The van der Waals surface area contributed by atoms with Gasteiger partial charge in [0.05, 0.1) is 5.69 Å². The number of fused-ring (bicyclic) bond motifs is 1. The van der Waals surface area contributed by atoms with E-state index in [-0.39, 0.29) is 0 Å². The molecule has 0 radical (unpaired) electrons. The molecule has 0 fully saturated rings. The molecule has 2 aliphatic rings. The molecule has 3 rings (SSSR count). The van der Waals surface area contributed by atoms with Crippen LogP contribution >= 0.6 is 0 Å². The number of benzene rings is 1. The molecule has 0 saturated heterocycles. The van der Waals surface area contributed by atoms with E-state index < -0.39 is 0 Å². The van der Waals surface area contributed by atoms with Crippen molar-refractivity contribution in [2.75, 3.05) is 6.54 Å². The summed E-state index contributed by atoms with van der Waals surface area (Å²) in [5.74, 6) is 0. The minimum atomic E-state index is 1.08. The third-order valence-electron chi connectivity index (χ3n) is 4.75. The number of aliphatic imine (C=N–C) groups is 1. The van der Waals surface area contributed by atoms with E-state index in [4.69, 9.17) is 0 Å². The van der Waals surface area contributed by atoms with Crippen LogP contribution in [0.2, 0.25) is 0 Å². The van der Waals surface area contributed by atoms with E-state index in [1.165, 1.54) is 48.8 Å². The number of nitrogens with zero attached hydrogens (tertiary/aromatic N) is 2. The fraction of sp³-hybridized carbons (Fsp3) is 0.348. The molecule has 0 aromatic heterocycles. The lowest BCUT2D eigenvalue weighted by Crippen LogP contribution is -2.13. The van der Waals surface area contributed by atoms with E-state index in [1.807, 2.05) is 6.07 Å². The Balaban J connectivity index is 1.57. The van der Waals surface area contributed by atoms with Crippen molar-refractivity contribution in [2.45, 2.75) is 46.0 Å². The van der Waals surface area contributed by atoms with Crippen molar-refractivity contribution in [2.24, 2.45) is 4.99 Å². The van der Waals surface area contributed by atoms with Gasteiger partial charge in [0, 0.05) is 35.8 Å². The lowest BCUT2D eigenvalue weighted by molar-refractivity contribution is 0.465. The van der Waals surface area contributed by atoms with Crippen molar-refractivity contribution < 1.29 is 0 Å². The summed E-state index contributed by atoms with van der Waals surface area (Å²) in [6.45, 7) is 5.46. The van der Waals surface area contributed by atoms with E-state index in [0.29, 0.717) is 0 Å². The maximum Gasteiger partial charge on any atom is 0.0712 e. The highest BCUT2D eigenvalue weighted by atomic mass is 15.1. The molecule has 2 heteroatoms. The summed E-state index contributed by atoms with van der Waals surface area (Å²) in [6, 6.07) is 8.34. The minimum absolute atomic E-state index is 1.08. The van der Waals surface area contributed by atoms with Gasteiger partial charge in [0.25, 0.3) is 0 Å². The molecule has 2 nitrogen and oxygen atoms in total. The third-order valence-corrected chi connectivity index (χ3v) is 4.75. The SMILES string of the molecule is CCCCCCCN1C=CC(=C/C=C2/C(C)=Nc3ccccc32)C=C1. The molecule has 130 valence electrons. The van der Waals surface area contributed by atoms with Gasteiger partial charge in [0.1, 0.15) is 0 Å². The van der Waals surface area contributed by atoms with Crippen LogP contribution in [0.25, 0.3) is 5.57 Å². The average Bonchev–Trinajstić information content (AvgIpc) is 2.96. The fourth-order valence-corrected chi connectivity index (χ4v) is 3.25. The molecule has 0 saturated carbocycles. The first kappa shape index (κ1) is 17.5. The van der Waals surface area contributed by atoms with Crippen LogP contribution in [0.1, 0.15) is 51.5 Å². The minimum Gasteiger partial charge on any atom is -0.354 e. The highest BCUT2D eigenvalue weighted by Crippen LogP contribution is 2.34. The number of hydrogen-bond donors (Lipinski definition) is 0. The Morgan fingerprint density at radius 3 is 2.52 bits per heavy atom. The molecule has 0 spiro atoms. The van der Waals surface area contributed by atoms with Crippen LogP contribution < -0.4 is 0 Å². The molecule has 0 aliphatic carbocycles. The Morgan fingerprint density at radius 1 is 0.960 bits per heavy atom. The second kappa shape index (κ2) is 8.66. The summed E-state index contributed by atoms with van der Waals surface area (Å²) in [6.07, 6.45) is 19.8. The topological polar surface area (TPSA) is 15.6 Å². The Morgan fingerprint density at radius 2 is 1.72 bits per heavy atom. The van der Waals surface area contributed by atoms with Gasteiger partial charge in [-0.1, -0.05) is 63.0 Å². The van der Waals surface area contributed by atoms with Crippen molar-refractivity contribution in [1.29, 1.82) is 0 Å². The third kappa shape index (κ3) is 4.60. The highest BCUT2D eigenvalue weighted by Gasteiger charge is 2.15. The van der Waals surface area contributed by atoms with Crippen molar-refractivity contribution in [3.05, 3.63) is 72.1 Å². The summed E-state index contributed by atoms with van der Waals surface area (Å²) in [4.78, 5) is 6.92. The molecule has 0 atom stereocenters. The predicted octanol–water partition coefficient (Wildman–Crippen LogP) is 6.42. The number of rotatable bonds is 7. The van der Waals surface area contributed by atoms with Crippen molar-refractivity contribution >= 4 is 17.0 Å². The van der Waals surface area contributed by atoms with Crippen LogP contribution in [0.3, 0.4) is 0 Å². The van der Waals surface area contributed by atoms with Gasteiger partial charge in [0.2, 0.25) is 0 Å². The Bertz CT molecular complexity index is 731. The Kier molecular flexibility index (Phi) is 6.05. The Labute approximate surface area is 152 Å². The second-order valence-electron chi connectivity index (χ2n) is 6.74. The van der Waals surface area contributed by atoms with Crippen LogP contribution in [0, 0.1) is 0 Å². The van der Waals surface area contributed by atoms with Gasteiger partial charge in [0.15, 0.2) is 0 Å². The van der Waals surface area contributed by atoms with Crippen LogP contribution in [0.15, 0.2) is 71.5 Å². The van der Waals surface area contributed by atoms with Gasteiger partial charge in [-0.25, -0.2) is 0 Å². The first-order valence-corrected chi connectivity index (χ1v) is 9.47. The molecule has 1 aromatic carbocycles. The lowest BCUT2D eigenvalue weighted by atomic mass is 10.0. The first-order valence-electron chi connectivity index (χ1n) is 9.47. The summed E-state index contributed by atoms with van der Waals surface area (Å²) < 4.78 is 0. The fourth-order valence-electron chi connectivity index (χ4n) is 3.25. The van der Waals surface area contributed by atoms with E-state index in [1.54, 1.807) is 0 Å². The summed E-state index contributed by atoms with van der Waals surface area (Å²) >= 11 is 0. The standard InChI is InChI=1S/C23H28N2/c1-3-4-5-6-9-16-25-17-14-20(15-18-25)12-13-21-19(2)24-23-11-8-7-10-22(21)23/h7-8,10-15,17-18H,3-6,9,16H2,1-2H3/b21-13-. The smallest absolute Gasteiger partial charge is 0.0712 e. The average molecular weight is 332 g/mol. The second-order valence-corrected chi connectivity index (χ2v) is 6.74. The lowest BCUT2D eigenvalue weighted by Gasteiger charge is -2.18. The molecule has 0 bridgehead atoms. The van der Waals surface area contributed by atoms with Gasteiger partial charge in [-0.05, 0) is 37.1 Å². The zero-order valence-corrected chi connectivity index (χ0v) is 15.4. The highest BCUT2D eigenvalue weighted by molar-refractivity contribution is 6.28. The van der Waals surface area contributed by atoms with Gasteiger partial charge in [-0.3, -0.25) is 4.99 Å². The monoisotopic (exact) mass is 332 g/mol. The normalized spacial score (nSPS) is 17.2. The number of hydrogen-bond acceptors (Lipinski definition) is 2. The number of para-hydroxylation sites is 1. The quantitative estimate of drug-likeness (QED) is 0.526. The molecule has 0 amide bonds. The maximum atomic E-state index is 4.64. The largest absolute Gasteiger partial charge is 0.354 e. The van der Waals surface area contributed by atoms with Gasteiger partial charge < -0.3 is 4.90 Å². The number of unbranched alkanes of at least 4 members (excludes halogenated alkanes) is 4. The van der Waals surface area contributed by atoms with Crippen LogP contribution in [0.5, 0.6) is 0 Å². The maximum absolute atomic E-state index is 4.64. The van der Waals surface area contributed by atoms with Crippen LogP contribution in [0.4, 0.5) is 5.69 Å². The van der Waals surface area contributed by atoms with Crippen molar-refractivity contribution in [1.82, 2.24) is 4.90 Å². The molecular weight excluding hydrogens is 304 g/mol. The van der Waals surface area contributed by atoms with E-state index in [2.05, 4.69) is 78.6 Å². The van der Waals surface area contributed by atoms with Crippen LogP contribution in [-0.2, 0) is 0 Å². The Hall–Kier alpha value is -2.35. The van der Waals surface area contributed by atoms with Gasteiger partial charge in [-0.2, -0.15) is 0 Å². The van der Waals surface area contributed by atoms with Crippen LogP contribution in [-0.4, -0.2) is 17.2 Å². The summed E-state index contributed by atoms with van der Waals surface area (Å²) in [5, 5.41) is 0. The molecule has 2 aliphatic heterocycles. The van der Waals surface area contributed by atoms with E-state index in [9.17, 15) is 0 Å². The predicted molar refractivity (Wildman–Crippen MR) is 109 cm³/mol. The van der Waals surface area contributed by atoms with Crippen molar-refractivity contribution in [3.8, 4) is 0 Å². The molecule has 0 N–H and O–H groups in total. The first-order chi connectivity index (χ1) is 12.3. The van der Waals surface area contributed by atoms with Gasteiger partial charge >= 0.3 is 0 Å². The molecule has 1 aromatic rings.